The maximum Gasteiger partial charge on any atom is 0.157 e. The number of nitrogens with one attached hydrogen (secondary N) is 3. The van der Waals surface area contributed by atoms with Crippen LogP contribution in [0.25, 0.3) is 11.2 Å². The van der Waals surface area contributed by atoms with Gasteiger partial charge in [0.2, 0.25) is 0 Å². The summed E-state index contributed by atoms with van der Waals surface area (Å²) in [5.74, 6) is 1.55. The van der Waals surface area contributed by atoms with Crippen molar-refractivity contribution < 1.29 is 0 Å². The van der Waals surface area contributed by atoms with Crippen molar-refractivity contribution in [3.8, 4) is 0 Å². The highest BCUT2D eigenvalue weighted by Gasteiger charge is 2.16. The van der Waals surface area contributed by atoms with Gasteiger partial charge >= 0.3 is 0 Å². The topological polar surface area (TPSA) is 68.9 Å². The quantitative estimate of drug-likeness (QED) is 0.666. The van der Waals surface area contributed by atoms with Crippen molar-refractivity contribution >= 4 is 16.9 Å². The zero-order chi connectivity index (χ0) is 17.8. The van der Waals surface area contributed by atoms with Gasteiger partial charge in [-0.2, -0.15) is 0 Å². The lowest BCUT2D eigenvalue weighted by Gasteiger charge is -2.28. The fourth-order valence-corrected chi connectivity index (χ4v) is 4.21. The van der Waals surface area contributed by atoms with Crippen LogP contribution in [0.3, 0.4) is 0 Å². The lowest BCUT2D eigenvalue weighted by molar-refractivity contribution is 0.497. The monoisotopic (exact) mass is 356 g/mol. The van der Waals surface area contributed by atoms with Gasteiger partial charge in [-0.1, -0.05) is 19.8 Å². The summed E-state index contributed by atoms with van der Waals surface area (Å²) >= 11 is 0. The molecule has 6 heteroatoms. The van der Waals surface area contributed by atoms with Gasteiger partial charge in [0.15, 0.2) is 5.65 Å². The van der Waals surface area contributed by atoms with E-state index in [-0.39, 0.29) is 0 Å². The van der Waals surface area contributed by atoms with Crippen LogP contribution in [-0.4, -0.2) is 53.7 Å². The van der Waals surface area contributed by atoms with Crippen molar-refractivity contribution in [1.29, 1.82) is 0 Å². The first-order chi connectivity index (χ1) is 12.8. The maximum absolute atomic E-state index is 4.85. The molecule has 0 saturated carbocycles. The number of hydrogen-bond donors (Lipinski definition) is 3. The number of H-pyrrole nitrogens is 1. The SMILES string of the molecule is CC(CCCCC1CCCN1)c1nc2cc(N3CCNCC3)cnc2[nH]1. The number of rotatable bonds is 7. The van der Waals surface area contributed by atoms with Crippen LogP contribution in [0.15, 0.2) is 12.3 Å². The van der Waals surface area contributed by atoms with Crippen LogP contribution in [-0.2, 0) is 0 Å². The van der Waals surface area contributed by atoms with Crippen LogP contribution < -0.4 is 15.5 Å². The summed E-state index contributed by atoms with van der Waals surface area (Å²) in [7, 11) is 0. The van der Waals surface area contributed by atoms with Crippen LogP contribution >= 0.6 is 0 Å². The molecule has 0 bridgehead atoms. The molecular weight excluding hydrogens is 324 g/mol. The number of fused-ring (bicyclic) bond motifs is 1. The molecule has 4 rings (SSSR count). The Hall–Kier alpha value is -1.66. The first-order valence-corrected chi connectivity index (χ1v) is 10.3. The molecule has 2 aromatic heterocycles. The first kappa shape index (κ1) is 17.7. The molecule has 0 spiro atoms. The van der Waals surface area contributed by atoms with E-state index >= 15 is 0 Å². The molecule has 6 nitrogen and oxygen atoms in total. The Morgan fingerprint density at radius 2 is 2.12 bits per heavy atom. The number of unbranched alkanes of at least 4 members (excludes halogenated alkanes) is 1. The Labute approximate surface area is 156 Å². The van der Waals surface area contributed by atoms with Crippen molar-refractivity contribution in [3.05, 3.63) is 18.1 Å². The Kier molecular flexibility index (Phi) is 5.70. The standard InChI is InChI=1S/C20H32N6/c1-15(5-2-3-6-16-7-4-8-22-16)19-24-18-13-17(14-23-20(18)25-19)26-11-9-21-10-12-26/h13-16,21-22H,2-12H2,1H3,(H,23,24,25). The molecule has 0 aliphatic carbocycles. The van der Waals surface area contributed by atoms with Crippen molar-refractivity contribution in [2.75, 3.05) is 37.6 Å². The molecule has 2 aliphatic heterocycles. The molecule has 2 saturated heterocycles. The molecule has 142 valence electrons. The van der Waals surface area contributed by atoms with E-state index in [0.29, 0.717) is 5.92 Å². The van der Waals surface area contributed by atoms with Crippen LogP contribution in [0, 0.1) is 0 Å². The van der Waals surface area contributed by atoms with Crippen molar-refractivity contribution in [1.82, 2.24) is 25.6 Å². The summed E-state index contributed by atoms with van der Waals surface area (Å²) in [4.78, 5) is 15.3. The molecule has 0 radical (unpaired) electrons. The summed E-state index contributed by atoms with van der Waals surface area (Å²) in [5.41, 5.74) is 3.10. The molecule has 4 heterocycles. The number of aromatic amines is 1. The van der Waals surface area contributed by atoms with Crippen molar-refractivity contribution in [2.45, 2.75) is 57.4 Å². The van der Waals surface area contributed by atoms with Gasteiger partial charge in [-0.15, -0.1) is 0 Å². The summed E-state index contributed by atoms with van der Waals surface area (Å²) in [6.45, 7) is 7.65. The molecule has 0 amide bonds. The third-order valence-corrected chi connectivity index (χ3v) is 5.89. The van der Waals surface area contributed by atoms with Gasteiger partial charge in [0.25, 0.3) is 0 Å². The van der Waals surface area contributed by atoms with E-state index in [4.69, 9.17) is 4.98 Å². The van der Waals surface area contributed by atoms with Crippen molar-refractivity contribution in [2.24, 2.45) is 0 Å². The molecular formula is C20H32N6. The number of pyridine rings is 1. The second-order valence-corrected chi connectivity index (χ2v) is 7.90. The van der Waals surface area contributed by atoms with E-state index in [2.05, 4.69) is 38.5 Å². The van der Waals surface area contributed by atoms with Gasteiger partial charge in [-0.25, -0.2) is 9.97 Å². The van der Waals surface area contributed by atoms with E-state index in [0.717, 1.165) is 49.2 Å². The fourth-order valence-electron chi connectivity index (χ4n) is 4.21. The highest BCUT2D eigenvalue weighted by Crippen LogP contribution is 2.25. The van der Waals surface area contributed by atoms with Gasteiger partial charge in [0, 0.05) is 38.1 Å². The Morgan fingerprint density at radius 3 is 2.92 bits per heavy atom. The molecule has 26 heavy (non-hydrogen) atoms. The summed E-state index contributed by atoms with van der Waals surface area (Å²) in [6.07, 6.45) is 9.79. The van der Waals surface area contributed by atoms with Gasteiger partial charge in [0.1, 0.15) is 11.3 Å². The molecule has 2 aromatic rings. The number of imidazole rings is 1. The van der Waals surface area contributed by atoms with Gasteiger partial charge in [0.05, 0.1) is 11.9 Å². The van der Waals surface area contributed by atoms with Crippen LogP contribution in [0.1, 0.15) is 57.2 Å². The third-order valence-electron chi connectivity index (χ3n) is 5.89. The number of hydrogen-bond acceptors (Lipinski definition) is 5. The Bertz CT molecular complexity index is 699. The zero-order valence-electron chi connectivity index (χ0n) is 15.9. The number of anilines is 1. The normalized spacial score (nSPS) is 22.2. The summed E-state index contributed by atoms with van der Waals surface area (Å²) < 4.78 is 0. The maximum atomic E-state index is 4.85. The van der Waals surface area contributed by atoms with Gasteiger partial charge < -0.3 is 20.5 Å². The number of nitrogens with zero attached hydrogens (tertiary/aromatic N) is 3. The lowest BCUT2D eigenvalue weighted by atomic mass is 10.0. The van der Waals surface area contributed by atoms with Gasteiger partial charge in [-0.05, 0) is 38.3 Å². The molecule has 3 N–H and O–H groups in total. The number of aromatic nitrogens is 3. The molecule has 2 fully saturated rings. The summed E-state index contributed by atoms with van der Waals surface area (Å²) in [6, 6.07) is 2.95. The number of piperazine rings is 1. The minimum atomic E-state index is 0.461. The zero-order valence-corrected chi connectivity index (χ0v) is 15.9. The Balaban J connectivity index is 1.33. The van der Waals surface area contributed by atoms with E-state index in [9.17, 15) is 0 Å². The smallest absolute Gasteiger partial charge is 0.157 e. The predicted octanol–water partition coefficient (Wildman–Crippen LogP) is 2.78. The van der Waals surface area contributed by atoms with Crippen LogP contribution in [0.2, 0.25) is 0 Å². The van der Waals surface area contributed by atoms with Crippen LogP contribution in [0.5, 0.6) is 0 Å². The predicted molar refractivity (Wildman–Crippen MR) is 107 cm³/mol. The largest absolute Gasteiger partial charge is 0.368 e. The highest BCUT2D eigenvalue weighted by atomic mass is 15.2. The lowest BCUT2D eigenvalue weighted by Crippen LogP contribution is -2.43. The van der Waals surface area contributed by atoms with E-state index in [1.54, 1.807) is 0 Å². The minimum Gasteiger partial charge on any atom is -0.368 e. The third kappa shape index (κ3) is 4.18. The second kappa shape index (κ2) is 8.35. The van der Waals surface area contributed by atoms with E-state index < -0.39 is 0 Å². The van der Waals surface area contributed by atoms with E-state index in [1.165, 1.54) is 50.8 Å². The molecule has 2 aliphatic rings. The molecule has 2 atom stereocenters. The minimum absolute atomic E-state index is 0.461. The fraction of sp³-hybridized carbons (Fsp3) is 0.700. The summed E-state index contributed by atoms with van der Waals surface area (Å²) in [5, 5.41) is 6.99. The average molecular weight is 357 g/mol. The first-order valence-electron chi connectivity index (χ1n) is 10.3. The average Bonchev–Trinajstić information content (AvgIpc) is 3.34. The Morgan fingerprint density at radius 1 is 1.23 bits per heavy atom. The molecule has 2 unspecified atom stereocenters. The van der Waals surface area contributed by atoms with Crippen molar-refractivity contribution in [3.63, 3.8) is 0 Å². The second-order valence-electron chi connectivity index (χ2n) is 7.90. The molecule has 0 aromatic carbocycles. The highest BCUT2D eigenvalue weighted by molar-refractivity contribution is 5.75. The van der Waals surface area contributed by atoms with Gasteiger partial charge in [-0.3, -0.25) is 0 Å². The van der Waals surface area contributed by atoms with Crippen LogP contribution in [0.4, 0.5) is 5.69 Å². The van der Waals surface area contributed by atoms with E-state index in [1.807, 2.05) is 6.20 Å².